The quantitative estimate of drug-likeness (QED) is 0.914. The Kier molecular flexibility index (Phi) is 3.82. The Balaban J connectivity index is 1.55. The van der Waals surface area contributed by atoms with Crippen molar-refractivity contribution in [1.29, 1.82) is 0 Å². The molecule has 0 fully saturated rings. The van der Waals surface area contributed by atoms with Gasteiger partial charge in [0.05, 0.1) is 11.3 Å². The van der Waals surface area contributed by atoms with Gasteiger partial charge in [0, 0.05) is 18.0 Å². The number of nitrogens with zero attached hydrogens (tertiary/aromatic N) is 1. The van der Waals surface area contributed by atoms with E-state index in [1.54, 1.807) is 29.5 Å². The number of nitrogens with one attached hydrogen (secondary N) is 1. The first-order valence-electron chi connectivity index (χ1n) is 7.80. The van der Waals surface area contributed by atoms with Gasteiger partial charge in [-0.3, -0.25) is 9.59 Å². The lowest BCUT2D eigenvalue weighted by atomic mass is 10.0. The van der Waals surface area contributed by atoms with E-state index in [4.69, 9.17) is 4.74 Å². The Morgan fingerprint density at radius 1 is 1.25 bits per heavy atom. The van der Waals surface area contributed by atoms with Crippen LogP contribution in [0.15, 0.2) is 41.8 Å². The van der Waals surface area contributed by atoms with Crippen molar-refractivity contribution < 1.29 is 14.3 Å². The molecule has 5 nitrogen and oxygen atoms in total. The lowest BCUT2D eigenvalue weighted by Crippen LogP contribution is -2.35. The monoisotopic (exact) mass is 340 g/mol. The van der Waals surface area contributed by atoms with E-state index in [0.717, 1.165) is 6.42 Å². The summed E-state index contributed by atoms with van der Waals surface area (Å²) >= 11 is 1.72. The van der Waals surface area contributed by atoms with Gasteiger partial charge in [-0.2, -0.15) is 0 Å². The van der Waals surface area contributed by atoms with Gasteiger partial charge >= 0.3 is 0 Å². The molecule has 0 bridgehead atoms. The highest BCUT2D eigenvalue weighted by molar-refractivity contribution is 7.11. The zero-order valence-electron chi connectivity index (χ0n) is 13.0. The van der Waals surface area contributed by atoms with Crippen molar-refractivity contribution in [1.82, 2.24) is 4.90 Å². The van der Waals surface area contributed by atoms with Crippen LogP contribution in [-0.4, -0.2) is 36.4 Å². The minimum absolute atomic E-state index is 0.0558. The Morgan fingerprint density at radius 2 is 2.17 bits per heavy atom. The fraction of sp³-hybridized carbons (Fsp3) is 0.222. The molecule has 3 heterocycles. The van der Waals surface area contributed by atoms with Crippen molar-refractivity contribution in [3.63, 3.8) is 0 Å². The van der Waals surface area contributed by atoms with E-state index in [9.17, 15) is 9.59 Å². The molecular weight excluding hydrogens is 324 g/mol. The van der Waals surface area contributed by atoms with Crippen LogP contribution in [-0.2, 0) is 4.79 Å². The maximum Gasteiger partial charge on any atom is 0.262 e. The summed E-state index contributed by atoms with van der Waals surface area (Å²) in [6.45, 7) is 1.21. The Morgan fingerprint density at radius 3 is 2.92 bits per heavy atom. The SMILES string of the molecule is O=C1COc2c(cccc2C(=O)N2CC=C(c3cccs3)CC2)N1. The van der Waals surface area contributed by atoms with Gasteiger partial charge in [0.2, 0.25) is 0 Å². The van der Waals surface area contributed by atoms with Gasteiger partial charge in [0.1, 0.15) is 0 Å². The number of amides is 2. The molecule has 2 amide bonds. The molecular formula is C18H16N2O3S. The predicted octanol–water partition coefficient (Wildman–Crippen LogP) is 3.01. The van der Waals surface area contributed by atoms with Crippen molar-refractivity contribution >= 4 is 34.4 Å². The van der Waals surface area contributed by atoms with E-state index in [-0.39, 0.29) is 18.4 Å². The number of para-hydroxylation sites is 1. The number of hydrogen-bond acceptors (Lipinski definition) is 4. The smallest absolute Gasteiger partial charge is 0.262 e. The van der Waals surface area contributed by atoms with E-state index in [2.05, 4.69) is 22.8 Å². The highest BCUT2D eigenvalue weighted by Crippen LogP contribution is 2.33. The normalized spacial score (nSPS) is 16.8. The van der Waals surface area contributed by atoms with Gasteiger partial charge in [0.25, 0.3) is 11.8 Å². The van der Waals surface area contributed by atoms with Crippen molar-refractivity contribution in [2.75, 3.05) is 25.0 Å². The molecule has 0 radical (unpaired) electrons. The van der Waals surface area contributed by atoms with Gasteiger partial charge in [-0.15, -0.1) is 11.3 Å². The average Bonchev–Trinajstić information content (AvgIpc) is 3.15. The molecule has 24 heavy (non-hydrogen) atoms. The Hall–Kier alpha value is -2.60. The van der Waals surface area contributed by atoms with Crippen LogP contribution < -0.4 is 10.1 Å². The van der Waals surface area contributed by atoms with E-state index in [0.29, 0.717) is 30.1 Å². The molecule has 0 saturated heterocycles. The summed E-state index contributed by atoms with van der Waals surface area (Å²) in [6.07, 6.45) is 2.96. The maximum absolute atomic E-state index is 12.9. The van der Waals surface area contributed by atoms with Crippen LogP contribution in [0, 0.1) is 0 Å². The first-order chi connectivity index (χ1) is 11.7. The molecule has 2 aliphatic heterocycles. The van der Waals surface area contributed by atoms with E-state index >= 15 is 0 Å². The molecule has 0 unspecified atom stereocenters. The second-order valence-corrected chi connectivity index (χ2v) is 6.67. The number of anilines is 1. The highest BCUT2D eigenvalue weighted by Gasteiger charge is 2.26. The Labute approximate surface area is 143 Å². The molecule has 1 N–H and O–H groups in total. The van der Waals surface area contributed by atoms with Crippen molar-refractivity contribution in [3.8, 4) is 5.75 Å². The summed E-state index contributed by atoms with van der Waals surface area (Å²) < 4.78 is 5.49. The number of ether oxygens (including phenoxy) is 1. The summed E-state index contributed by atoms with van der Waals surface area (Å²) in [7, 11) is 0. The van der Waals surface area contributed by atoms with E-state index in [1.165, 1.54) is 10.5 Å². The molecule has 0 atom stereocenters. The van der Waals surface area contributed by atoms with Crippen LogP contribution in [0.4, 0.5) is 5.69 Å². The summed E-state index contributed by atoms with van der Waals surface area (Å²) in [5, 5.41) is 4.80. The fourth-order valence-corrected chi connectivity index (χ4v) is 3.79. The molecule has 2 aromatic rings. The second-order valence-electron chi connectivity index (χ2n) is 5.73. The maximum atomic E-state index is 12.9. The molecule has 6 heteroatoms. The molecule has 0 spiro atoms. The van der Waals surface area contributed by atoms with Crippen LogP contribution in [0.5, 0.6) is 5.75 Å². The van der Waals surface area contributed by atoms with E-state index < -0.39 is 0 Å². The first kappa shape index (κ1) is 15.0. The summed E-state index contributed by atoms with van der Waals surface area (Å²) in [5.74, 6) is 0.202. The average molecular weight is 340 g/mol. The lowest BCUT2D eigenvalue weighted by molar-refractivity contribution is -0.118. The van der Waals surface area contributed by atoms with Crippen LogP contribution in [0.2, 0.25) is 0 Å². The number of thiophene rings is 1. The van der Waals surface area contributed by atoms with E-state index in [1.807, 2.05) is 11.0 Å². The van der Waals surface area contributed by atoms with Gasteiger partial charge < -0.3 is 15.0 Å². The number of benzene rings is 1. The molecule has 4 rings (SSSR count). The summed E-state index contributed by atoms with van der Waals surface area (Å²) in [4.78, 5) is 27.4. The third kappa shape index (κ3) is 2.69. The number of carbonyl (C=O) groups is 2. The third-order valence-corrected chi connectivity index (χ3v) is 5.15. The zero-order chi connectivity index (χ0) is 16.5. The van der Waals surface area contributed by atoms with Gasteiger partial charge in [0.15, 0.2) is 12.4 Å². The lowest BCUT2D eigenvalue weighted by Gasteiger charge is -2.28. The summed E-state index contributed by atoms with van der Waals surface area (Å²) in [6, 6.07) is 9.40. The molecule has 1 aromatic heterocycles. The first-order valence-corrected chi connectivity index (χ1v) is 8.68. The van der Waals surface area contributed by atoms with Crippen molar-refractivity contribution in [2.45, 2.75) is 6.42 Å². The molecule has 122 valence electrons. The third-order valence-electron chi connectivity index (χ3n) is 4.20. The summed E-state index contributed by atoms with van der Waals surface area (Å²) in [5.41, 5.74) is 2.36. The molecule has 0 saturated carbocycles. The van der Waals surface area contributed by atoms with Crippen LogP contribution in [0.25, 0.3) is 5.57 Å². The van der Waals surface area contributed by atoms with Gasteiger partial charge in [-0.05, 0) is 35.6 Å². The van der Waals surface area contributed by atoms with Gasteiger partial charge in [-0.1, -0.05) is 18.2 Å². The second kappa shape index (κ2) is 6.13. The number of fused-ring (bicyclic) bond motifs is 1. The standard InChI is InChI=1S/C18H16N2O3S/c21-16-11-23-17-13(3-1-4-14(17)19-16)18(22)20-8-6-12(7-9-20)15-5-2-10-24-15/h1-6,10H,7-9,11H2,(H,19,21). The minimum atomic E-state index is -0.200. The topological polar surface area (TPSA) is 58.6 Å². The zero-order valence-corrected chi connectivity index (χ0v) is 13.8. The minimum Gasteiger partial charge on any atom is -0.481 e. The van der Waals surface area contributed by atoms with Crippen LogP contribution in [0.1, 0.15) is 21.7 Å². The largest absolute Gasteiger partial charge is 0.481 e. The number of carbonyl (C=O) groups excluding carboxylic acids is 2. The Bertz CT molecular complexity index is 827. The highest BCUT2D eigenvalue weighted by atomic mass is 32.1. The molecule has 2 aliphatic rings. The number of rotatable bonds is 2. The molecule has 0 aliphatic carbocycles. The van der Waals surface area contributed by atoms with Gasteiger partial charge in [-0.25, -0.2) is 0 Å². The van der Waals surface area contributed by atoms with Crippen LogP contribution >= 0.6 is 11.3 Å². The fourth-order valence-electron chi connectivity index (χ4n) is 2.99. The van der Waals surface area contributed by atoms with Crippen LogP contribution in [0.3, 0.4) is 0 Å². The van der Waals surface area contributed by atoms with Crippen molar-refractivity contribution in [2.24, 2.45) is 0 Å². The number of hydrogen-bond donors (Lipinski definition) is 1. The predicted molar refractivity (Wildman–Crippen MR) is 93.4 cm³/mol. The molecule has 1 aromatic carbocycles. The van der Waals surface area contributed by atoms with Crippen molar-refractivity contribution in [3.05, 3.63) is 52.2 Å².